The number of esters is 1. The van der Waals surface area contributed by atoms with Crippen LogP contribution < -0.4 is 11.1 Å². The number of carbonyl (C=O) groups excluding carboxylic acids is 2. The minimum absolute atomic E-state index is 0.216. The smallest absolute Gasteiger partial charge is 0.330 e. The van der Waals surface area contributed by atoms with E-state index in [4.69, 9.17) is 16.9 Å². The van der Waals surface area contributed by atoms with Gasteiger partial charge in [0, 0.05) is 12.6 Å². The molecule has 3 N–H and O–H groups in total. The standard InChI is InChI=1S/C15H18N2O3/c1-4-13(11-6-8-12(16)9-7-11)14(17-10(3)18)15(19)20-5-2/h1,6-9,13-14H,5,16H2,2-3H3,(H,17,18)/t13-,14-/m0/s1. The number of anilines is 1. The third-order valence-corrected chi connectivity index (χ3v) is 2.71. The maximum absolute atomic E-state index is 12.0. The molecule has 20 heavy (non-hydrogen) atoms. The number of carbonyl (C=O) groups is 2. The van der Waals surface area contributed by atoms with Gasteiger partial charge in [0.1, 0.15) is 6.04 Å². The lowest BCUT2D eigenvalue weighted by atomic mass is 9.92. The van der Waals surface area contributed by atoms with Crippen molar-refractivity contribution in [2.24, 2.45) is 0 Å². The van der Waals surface area contributed by atoms with Crippen molar-refractivity contribution in [1.29, 1.82) is 0 Å². The van der Waals surface area contributed by atoms with E-state index in [0.717, 1.165) is 0 Å². The van der Waals surface area contributed by atoms with Gasteiger partial charge in [-0.3, -0.25) is 4.79 Å². The molecule has 2 atom stereocenters. The first-order chi connectivity index (χ1) is 9.49. The molecule has 5 nitrogen and oxygen atoms in total. The SMILES string of the molecule is C#C[C@@H](c1ccc(N)cc1)[C@H](NC(C)=O)C(=O)OCC. The Bertz CT molecular complexity index is 517. The Hall–Kier alpha value is -2.48. The van der Waals surface area contributed by atoms with Gasteiger partial charge in [0.15, 0.2) is 0 Å². The molecule has 0 unspecified atom stereocenters. The van der Waals surface area contributed by atoms with Crippen LogP contribution in [-0.2, 0) is 14.3 Å². The molecule has 0 aliphatic carbocycles. The summed E-state index contributed by atoms with van der Waals surface area (Å²) in [6.45, 7) is 3.23. The first kappa shape index (κ1) is 15.6. The molecule has 0 saturated heterocycles. The van der Waals surface area contributed by atoms with Gasteiger partial charge in [-0.1, -0.05) is 18.1 Å². The Labute approximate surface area is 118 Å². The van der Waals surface area contributed by atoms with Gasteiger partial charge in [-0.25, -0.2) is 4.79 Å². The van der Waals surface area contributed by atoms with Crippen molar-refractivity contribution in [2.75, 3.05) is 12.3 Å². The highest BCUT2D eigenvalue weighted by Gasteiger charge is 2.30. The lowest BCUT2D eigenvalue weighted by molar-refractivity contribution is -0.147. The van der Waals surface area contributed by atoms with Crippen LogP contribution in [0.3, 0.4) is 0 Å². The van der Waals surface area contributed by atoms with Gasteiger partial charge < -0.3 is 15.8 Å². The summed E-state index contributed by atoms with van der Waals surface area (Å²) in [4.78, 5) is 23.2. The summed E-state index contributed by atoms with van der Waals surface area (Å²) >= 11 is 0. The highest BCUT2D eigenvalue weighted by Crippen LogP contribution is 2.21. The number of nitrogens with two attached hydrogens (primary N) is 1. The fourth-order valence-corrected chi connectivity index (χ4v) is 1.82. The van der Waals surface area contributed by atoms with Crippen LogP contribution in [0.1, 0.15) is 25.3 Å². The van der Waals surface area contributed by atoms with Crippen molar-refractivity contribution in [2.45, 2.75) is 25.8 Å². The van der Waals surface area contributed by atoms with Crippen LogP contribution in [0.5, 0.6) is 0 Å². The number of ether oxygens (including phenoxy) is 1. The largest absolute Gasteiger partial charge is 0.464 e. The third-order valence-electron chi connectivity index (χ3n) is 2.71. The van der Waals surface area contributed by atoms with Gasteiger partial charge in [-0.05, 0) is 24.6 Å². The third kappa shape index (κ3) is 4.02. The highest BCUT2D eigenvalue weighted by atomic mass is 16.5. The van der Waals surface area contributed by atoms with E-state index in [9.17, 15) is 9.59 Å². The summed E-state index contributed by atoms with van der Waals surface area (Å²) in [7, 11) is 0. The first-order valence-electron chi connectivity index (χ1n) is 6.24. The summed E-state index contributed by atoms with van der Waals surface area (Å²) in [6.07, 6.45) is 5.51. The molecule has 0 aromatic heterocycles. The van der Waals surface area contributed by atoms with E-state index in [1.165, 1.54) is 6.92 Å². The van der Waals surface area contributed by atoms with Crippen molar-refractivity contribution < 1.29 is 14.3 Å². The molecule has 0 radical (unpaired) electrons. The van der Waals surface area contributed by atoms with Gasteiger partial charge in [-0.15, -0.1) is 6.42 Å². The number of nitrogen functional groups attached to an aromatic ring is 1. The number of hydrogen-bond donors (Lipinski definition) is 2. The molecule has 1 rings (SSSR count). The average molecular weight is 274 g/mol. The monoisotopic (exact) mass is 274 g/mol. The average Bonchev–Trinajstić information content (AvgIpc) is 2.40. The number of amides is 1. The minimum atomic E-state index is -0.916. The second-order valence-corrected chi connectivity index (χ2v) is 4.24. The Balaban J connectivity index is 3.07. The zero-order valence-electron chi connectivity index (χ0n) is 11.6. The number of benzene rings is 1. The van der Waals surface area contributed by atoms with Gasteiger partial charge >= 0.3 is 5.97 Å². The molecule has 0 fully saturated rings. The Morgan fingerprint density at radius 2 is 2.00 bits per heavy atom. The lowest BCUT2D eigenvalue weighted by Gasteiger charge is -2.22. The van der Waals surface area contributed by atoms with E-state index in [2.05, 4.69) is 11.2 Å². The topological polar surface area (TPSA) is 81.4 Å². The lowest BCUT2D eigenvalue weighted by Crippen LogP contribution is -2.44. The second-order valence-electron chi connectivity index (χ2n) is 4.24. The minimum Gasteiger partial charge on any atom is -0.464 e. The van der Waals surface area contributed by atoms with Crippen LogP contribution in [0.25, 0.3) is 0 Å². The number of nitrogens with one attached hydrogen (secondary N) is 1. The summed E-state index contributed by atoms with van der Waals surface area (Å²) in [5.74, 6) is 1.01. The molecule has 0 saturated carbocycles. The molecule has 1 aromatic rings. The van der Waals surface area contributed by atoms with Gasteiger partial charge in [-0.2, -0.15) is 0 Å². The van der Waals surface area contributed by atoms with E-state index in [-0.39, 0.29) is 12.5 Å². The maximum Gasteiger partial charge on any atom is 0.330 e. The van der Waals surface area contributed by atoms with Gasteiger partial charge in [0.25, 0.3) is 0 Å². The quantitative estimate of drug-likeness (QED) is 0.478. The van der Waals surface area contributed by atoms with Crippen LogP contribution in [0.4, 0.5) is 5.69 Å². The molecule has 1 aromatic carbocycles. The Morgan fingerprint density at radius 3 is 2.45 bits per heavy atom. The van der Waals surface area contributed by atoms with Crippen LogP contribution in [0.2, 0.25) is 0 Å². The van der Waals surface area contributed by atoms with Gasteiger partial charge in [0.2, 0.25) is 5.91 Å². The Kier molecular flexibility index (Phi) is 5.60. The molecule has 0 bridgehead atoms. The predicted octanol–water partition coefficient (Wildman–Crippen LogP) is 1.05. The van der Waals surface area contributed by atoms with E-state index < -0.39 is 17.9 Å². The number of terminal acetylenes is 1. The van der Waals surface area contributed by atoms with E-state index in [1.807, 2.05) is 0 Å². The fraction of sp³-hybridized carbons (Fsp3) is 0.333. The molecule has 1 amide bonds. The van der Waals surface area contributed by atoms with Crippen molar-refractivity contribution in [3.05, 3.63) is 29.8 Å². The normalized spacial score (nSPS) is 12.8. The molecule has 0 heterocycles. The zero-order chi connectivity index (χ0) is 15.1. The molecular formula is C15H18N2O3. The molecule has 5 heteroatoms. The highest BCUT2D eigenvalue weighted by molar-refractivity contribution is 5.84. The van der Waals surface area contributed by atoms with Crippen LogP contribution in [0, 0.1) is 12.3 Å². The van der Waals surface area contributed by atoms with Crippen molar-refractivity contribution >= 4 is 17.6 Å². The molecular weight excluding hydrogens is 256 g/mol. The Morgan fingerprint density at radius 1 is 1.40 bits per heavy atom. The van der Waals surface area contributed by atoms with Crippen LogP contribution >= 0.6 is 0 Å². The van der Waals surface area contributed by atoms with Crippen molar-refractivity contribution in [3.8, 4) is 12.3 Å². The van der Waals surface area contributed by atoms with Crippen LogP contribution in [0.15, 0.2) is 24.3 Å². The zero-order valence-corrected chi connectivity index (χ0v) is 11.6. The molecule has 0 spiro atoms. The molecule has 0 aliphatic rings. The number of rotatable bonds is 5. The van der Waals surface area contributed by atoms with Gasteiger partial charge in [0.05, 0.1) is 12.5 Å². The summed E-state index contributed by atoms with van der Waals surface area (Å²) in [5.41, 5.74) is 6.93. The van der Waals surface area contributed by atoms with Crippen molar-refractivity contribution in [3.63, 3.8) is 0 Å². The van der Waals surface area contributed by atoms with Crippen molar-refractivity contribution in [1.82, 2.24) is 5.32 Å². The predicted molar refractivity (Wildman–Crippen MR) is 76.7 cm³/mol. The first-order valence-corrected chi connectivity index (χ1v) is 6.24. The number of hydrogen-bond acceptors (Lipinski definition) is 4. The molecule has 106 valence electrons. The maximum atomic E-state index is 12.0. The fourth-order valence-electron chi connectivity index (χ4n) is 1.82. The summed E-state index contributed by atoms with van der Waals surface area (Å²) in [5, 5.41) is 2.54. The summed E-state index contributed by atoms with van der Waals surface area (Å²) in [6, 6.07) is 5.92. The van der Waals surface area contributed by atoms with E-state index >= 15 is 0 Å². The summed E-state index contributed by atoms with van der Waals surface area (Å²) < 4.78 is 4.96. The van der Waals surface area contributed by atoms with E-state index in [1.54, 1.807) is 31.2 Å². The van der Waals surface area contributed by atoms with Crippen LogP contribution in [-0.4, -0.2) is 24.5 Å². The van der Waals surface area contributed by atoms with E-state index in [0.29, 0.717) is 11.3 Å². The molecule has 0 aliphatic heterocycles. The second kappa shape index (κ2) is 7.19.